The van der Waals surface area contributed by atoms with Crippen molar-refractivity contribution >= 4 is 25.8 Å². The van der Waals surface area contributed by atoms with Crippen molar-refractivity contribution in [3.8, 4) is 0 Å². The van der Waals surface area contributed by atoms with E-state index in [9.17, 15) is 8.42 Å². The minimum absolute atomic E-state index is 0.173. The van der Waals surface area contributed by atoms with E-state index in [0.29, 0.717) is 5.56 Å². The highest BCUT2D eigenvalue weighted by Gasteiger charge is 2.34. The van der Waals surface area contributed by atoms with Gasteiger partial charge in [0.15, 0.2) is 0 Å². The highest BCUT2D eigenvalue weighted by molar-refractivity contribution is 9.10. The van der Waals surface area contributed by atoms with Crippen molar-refractivity contribution < 1.29 is 8.42 Å². The molecule has 1 atom stereocenters. The molecule has 102 valence electrons. The maximum absolute atomic E-state index is 12.5. The summed E-state index contributed by atoms with van der Waals surface area (Å²) in [6.07, 6.45) is 0. The van der Waals surface area contributed by atoms with E-state index in [-0.39, 0.29) is 4.90 Å². The minimum Gasteiger partial charge on any atom is -0.291 e. The summed E-state index contributed by atoms with van der Waals surface area (Å²) in [6.45, 7) is 9.12. The molecule has 2 rings (SSSR count). The maximum atomic E-state index is 12.5. The zero-order valence-electron chi connectivity index (χ0n) is 10.7. The summed E-state index contributed by atoms with van der Waals surface area (Å²) < 4.78 is 25.9. The van der Waals surface area contributed by atoms with Gasteiger partial charge in [0, 0.05) is 4.47 Å². The molecule has 0 spiro atoms. The Morgan fingerprint density at radius 3 is 2.10 bits per heavy atom. The minimum atomic E-state index is -3.70. The van der Waals surface area contributed by atoms with E-state index in [1.807, 2.05) is 6.92 Å². The van der Waals surface area contributed by atoms with Gasteiger partial charge < -0.3 is 0 Å². The molecule has 5 heteroatoms. The number of sulfone groups is 1. The molecule has 3 nitrogen and oxygen atoms in total. The second kappa shape index (κ2) is 5.78. The van der Waals surface area contributed by atoms with Crippen molar-refractivity contribution in [2.45, 2.75) is 17.2 Å². The largest absolute Gasteiger partial charge is 0.350 e. The summed E-state index contributed by atoms with van der Waals surface area (Å²) in [6, 6.07) is 13.3. The Labute approximate surface area is 127 Å². The van der Waals surface area contributed by atoms with Crippen LogP contribution < -0.4 is 0 Å². The van der Waals surface area contributed by atoms with E-state index < -0.39 is 15.2 Å². The Bertz CT molecular complexity index is 744. The molecule has 0 bridgehead atoms. The molecule has 0 N–H and O–H groups in total. The van der Waals surface area contributed by atoms with Crippen molar-refractivity contribution in [1.82, 2.24) is 0 Å². The standard InChI is InChI=1S/C15H12BrNO2S/c1-11-3-9-14(10-4-11)20(18,19)15(17-2)12-5-7-13(16)8-6-12/h3-10,15H,1H3. The van der Waals surface area contributed by atoms with Crippen LogP contribution in [0.15, 0.2) is 57.9 Å². The van der Waals surface area contributed by atoms with E-state index in [4.69, 9.17) is 6.57 Å². The van der Waals surface area contributed by atoms with Crippen molar-refractivity contribution in [3.05, 3.63) is 75.5 Å². The molecular formula is C15H12BrNO2S. The predicted octanol–water partition coefficient (Wildman–Crippen LogP) is 4.15. The summed E-state index contributed by atoms with van der Waals surface area (Å²) in [4.78, 5) is 3.48. The van der Waals surface area contributed by atoms with Crippen LogP contribution in [0.3, 0.4) is 0 Å². The Morgan fingerprint density at radius 2 is 1.60 bits per heavy atom. The Morgan fingerprint density at radius 1 is 1.05 bits per heavy atom. The lowest BCUT2D eigenvalue weighted by Gasteiger charge is -2.08. The van der Waals surface area contributed by atoms with Gasteiger partial charge in [0.25, 0.3) is 9.84 Å². The fraction of sp³-hybridized carbons (Fsp3) is 0.133. The summed E-state index contributed by atoms with van der Waals surface area (Å²) in [7, 11) is -3.70. The van der Waals surface area contributed by atoms with E-state index in [2.05, 4.69) is 20.8 Å². The first-order valence-corrected chi connectivity index (χ1v) is 8.21. The molecule has 0 saturated heterocycles. The summed E-state index contributed by atoms with van der Waals surface area (Å²) >= 11 is 3.29. The maximum Gasteiger partial charge on any atom is 0.350 e. The molecule has 0 amide bonds. The van der Waals surface area contributed by atoms with Gasteiger partial charge in [-0.3, -0.25) is 4.85 Å². The van der Waals surface area contributed by atoms with Gasteiger partial charge in [-0.2, -0.15) is 0 Å². The number of nitrogens with zero attached hydrogens (tertiary/aromatic N) is 1. The molecule has 2 aromatic rings. The number of hydrogen-bond donors (Lipinski definition) is 0. The summed E-state index contributed by atoms with van der Waals surface area (Å²) in [5, 5.41) is -1.21. The second-order valence-corrected chi connectivity index (χ2v) is 7.31. The zero-order chi connectivity index (χ0) is 14.8. The summed E-state index contributed by atoms with van der Waals surface area (Å²) in [5.41, 5.74) is 1.45. The van der Waals surface area contributed by atoms with E-state index in [0.717, 1.165) is 10.0 Å². The number of hydrogen-bond acceptors (Lipinski definition) is 2. The highest BCUT2D eigenvalue weighted by atomic mass is 79.9. The molecule has 0 radical (unpaired) electrons. The van der Waals surface area contributed by atoms with Crippen LogP contribution >= 0.6 is 15.9 Å². The Hall–Kier alpha value is -1.64. The van der Waals surface area contributed by atoms with E-state index >= 15 is 0 Å². The van der Waals surface area contributed by atoms with E-state index in [1.54, 1.807) is 48.5 Å². The zero-order valence-corrected chi connectivity index (χ0v) is 13.1. The summed E-state index contributed by atoms with van der Waals surface area (Å²) in [5.74, 6) is 0. The van der Waals surface area contributed by atoms with Crippen LogP contribution in [0.4, 0.5) is 0 Å². The molecule has 0 aliphatic heterocycles. The molecule has 0 aliphatic carbocycles. The molecule has 0 fully saturated rings. The lowest BCUT2D eigenvalue weighted by molar-refractivity contribution is 0.590. The molecule has 0 aliphatic rings. The molecule has 0 heterocycles. The van der Waals surface area contributed by atoms with Gasteiger partial charge in [-0.25, -0.2) is 15.0 Å². The average molecular weight is 350 g/mol. The van der Waals surface area contributed by atoms with Gasteiger partial charge in [0.2, 0.25) is 0 Å². The number of aryl methyl sites for hydroxylation is 1. The smallest absolute Gasteiger partial charge is 0.291 e. The molecule has 1 unspecified atom stereocenters. The second-order valence-electron chi connectivity index (χ2n) is 4.39. The van der Waals surface area contributed by atoms with Crippen LogP contribution in [0.25, 0.3) is 4.85 Å². The van der Waals surface area contributed by atoms with Gasteiger partial charge >= 0.3 is 5.37 Å². The first kappa shape index (κ1) is 14.8. The topological polar surface area (TPSA) is 38.5 Å². The predicted molar refractivity (Wildman–Crippen MR) is 81.8 cm³/mol. The number of rotatable bonds is 3. The molecule has 0 saturated carbocycles. The van der Waals surface area contributed by atoms with Crippen molar-refractivity contribution in [3.63, 3.8) is 0 Å². The van der Waals surface area contributed by atoms with Crippen LogP contribution in [-0.4, -0.2) is 8.42 Å². The lowest BCUT2D eigenvalue weighted by Crippen LogP contribution is -2.10. The SMILES string of the molecule is [C-]#[N+]C(c1ccc(Br)cc1)S(=O)(=O)c1ccc(C)cc1. The van der Waals surface area contributed by atoms with E-state index in [1.165, 1.54) is 0 Å². The Balaban J connectivity index is 2.48. The van der Waals surface area contributed by atoms with Gasteiger partial charge in [0.1, 0.15) is 0 Å². The third-order valence-electron chi connectivity index (χ3n) is 2.92. The van der Waals surface area contributed by atoms with Crippen LogP contribution in [0.1, 0.15) is 16.5 Å². The monoisotopic (exact) mass is 349 g/mol. The average Bonchev–Trinajstić information content (AvgIpc) is 2.42. The third-order valence-corrected chi connectivity index (χ3v) is 5.34. The molecule has 0 aromatic heterocycles. The van der Waals surface area contributed by atoms with Crippen LogP contribution in [0.5, 0.6) is 0 Å². The fourth-order valence-corrected chi connectivity index (χ4v) is 3.50. The van der Waals surface area contributed by atoms with Gasteiger partial charge in [-0.1, -0.05) is 33.6 Å². The van der Waals surface area contributed by atoms with Crippen molar-refractivity contribution in [2.75, 3.05) is 0 Å². The van der Waals surface area contributed by atoms with Gasteiger partial charge in [-0.15, -0.1) is 0 Å². The first-order valence-electron chi connectivity index (χ1n) is 5.88. The normalized spacial score (nSPS) is 12.7. The lowest BCUT2D eigenvalue weighted by atomic mass is 10.2. The van der Waals surface area contributed by atoms with Crippen molar-refractivity contribution in [1.29, 1.82) is 0 Å². The number of benzene rings is 2. The quantitative estimate of drug-likeness (QED) is 0.780. The molecular weight excluding hydrogens is 338 g/mol. The van der Waals surface area contributed by atoms with Crippen molar-refractivity contribution in [2.24, 2.45) is 0 Å². The van der Waals surface area contributed by atoms with Crippen LogP contribution in [-0.2, 0) is 9.84 Å². The Kier molecular flexibility index (Phi) is 4.26. The molecule has 2 aromatic carbocycles. The molecule has 20 heavy (non-hydrogen) atoms. The van der Waals surface area contributed by atoms with Crippen LogP contribution in [0, 0.1) is 13.5 Å². The number of halogens is 1. The highest BCUT2D eigenvalue weighted by Crippen LogP contribution is 2.31. The fourth-order valence-electron chi connectivity index (χ4n) is 1.81. The first-order chi connectivity index (χ1) is 9.45. The third kappa shape index (κ3) is 2.92. The van der Waals surface area contributed by atoms with Gasteiger partial charge in [-0.05, 0) is 43.3 Å². The van der Waals surface area contributed by atoms with Crippen LogP contribution in [0.2, 0.25) is 0 Å². The van der Waals surface area contributed by atoms with Gasteiger partial charge in [0.05, 0.1) is 10.5 Å².